The van der Waals surface area contributed by atoms with E-state index in [4.69, 9.17) is 9.47 Å². The van der Waals surface area contributed by atoms with Crippen LogP contribution >= 0.6 is 0 Å². The molecule has 1 aliphatic carbocycles. The van der Waals surface area contributed by atoms with Crippen molar-refractivity contribution in [3.8, 4) is 11.6 Å². The molecule has 0 spiro atoms. The Labute approximate surface area is 108 Å². The van der Waals surface area contributed by atoms with Crippen LogP contribution in [0.25, 0.3) is 0 Å². The fourth-order valence-electron chi connectivity index (χ4n) is 1.74. The molecule has 0 aliphatic heterocycles. The van der Waals surface area contributed by atoms with Crippen LogP contribution in [0.4, 0.5) is 5.82 Å². The average molecular weight is 251 g/mol. The van der Waals surface area contributed by atoms with Crippen LogP contribution in [-0.2, 0) is 0 Å². The molecule has 0 saturated heterocycles. The van der Waals surface area contributed by atoms with E-state index in [0.717, 1.165) is 25.3 Å². The second-order valence-corrected chi connectivity index (χ2v) is 4.57. The van der Waals surface area contributed by atoms with Gasteiger partial charge in [0.2, 0.25) is 5.75 Å². The summed E-state index contributed by atoms with van der Waals surface area (Å²) in [6.07, 6.45) is 6.32. The van der Waals surface area contributed by atoms with Gasteiger partial charge in [0.05, 0.1) is 13.7 Å². The lowest BCUT2D eigenvalue weighted by Gasteiger charge is -2.13. The third kappa shape index (κ3) is 3.48. The predicted octanol–water partition coefficient (Wildman–Crippen LogP) is 2.49. The Balaban J connectivity index is 1.97. The summed E-state index contributed by atoms with van der Waals surface area (Å²) in [6, 6.07) is 0. The van der Waals surface area contributed by atoms with Gasteiger partial charge in [0.1, 0.15) is 6.33 Å². The Bertz CT molecular complexity index is 380. The molecule has 0 unspecified atom stereocenters. The molecule has 1 N–H and O–H groups in total. The maximum Gasteiger partial charge on any atom is 0.262 e. The van der Waals surface area contributed by atoms with Crippen molar-refractivity contribution < 1.29 is 9.47 Å². The summed E-state index contributed by atoms with van der Waals surface area (Å²) in [6.45, 7) is 3.66. The van der Waals surface area contributed by atoms with Crippen LogP contribution in [0.3, 0.4) is 0 Å². The Kier molecular flexibility index (Phi) is 4.61. The molecule has 1 heterocycles. The van der Waals surface area contributed by atoms with Gasteiger partial charge >= 0.3 is 0 Å². The number of hydrogen-bond acceptors (Lipinski definition) is 5. The molecule has 5 heteroatoms. The van der Waals surface area contributed by atoms with E-state index in [1.165, 1.54) is 19.2 Å². The first-order chi connectivity index (χ1) is 8.85. The molecule has 1 aromatic heterocycles. The molecule has 0 aromatic carbocycles. The van der Waals surface area contributed by atoms with Crippen LogP contribution in [-0.4, -0.2) is 30.2 Å². The molecular formula is C13H21N3O2. The van der Waals surface area contributed by atoms with E-state index in [1.54, 1.807) is 7.11 Å². The second kappa shape index (κ2) is 6.42. The minimum Gasteiger partial charge on any atom is -0.489 e. The third-order valence-corrected chi connectivity index (χ3v) is 2.98. The van der Waals surface area contributed by atoms with Crippen LogP contribution in [0.2, 0.25) is 0 Å². The highest BCUT2D eigenvalue weighted by Gasteiger charge is 2.21. The van der Waals surface area contributed by atoms with E-state index in [-0.39, 0.29) is 0 Å². The van der Waals surface area contributed by atoms with Crippen LogP contribution < -0.4 is 14.8 Å². The summed E-state index contributed by atoms with van der Waals surface area (Å²) >= 11 is 0. The number of aromatic nitrogens is 2. The molecule has 100 valence electrons. The van der Waals surface area contributed by atoms with E-state index in [1.807, 2.05) is 0 Å². The summed E-state index contributed by atoms with van der Waals surface area (Å²) in [5, 5.41) is 3.21. The Morgan fingerprint density at radius 3 is 2.89 bits per heavy atom. The van der Waals surface area contributed by atoms with Crippen LogP contribution in [0, 0.1) is 5.92 Å². The van der Waals surface area contributed by atoms with Gasteiger partial charge in [-0.3, -0.25) is 0 Å². The monoisotopic (exact) mass is 251 g/mol. The molecule has 0 radical (unpaired) electrons. The Hall–Kier alpha value is -1.52. The van der Waals surface area contributed by atoms with Gasteiger partial charge in [-0.15, -0.1) is 0 Å². The van der Waals surface area contributed by atoms with Crippen molar-refractivity contribution in [1.29, 1.82) is 0 Å². The highest BCUT2D eigenvalue weighted by atomic mass is 16.5. The minimum absolute atomic E-state index is 0.534. The first-order valence-corrected chi connectivity index (χ1v) is 6.60. The van der Waals surface area contributed by atoms with E-state index < -0.39 is 0 Å². The zero-order valence-electron chi connectivity index (χ0n) is 11.1. The molecule has 0 bridgehead atoms. The molecule has 0 amide bonds. The third-order valence-electron chi connectivity index (χ3n) is 2.98. The van der Waals surface area contributed by atoms with Gasteiger partial charge in [-0.2, -0.15) is 4.98 Å². The molecule has 2 rings (SSSR count). The molecular weight excluding hydrogens is 230 g/mol. The highest BCUT2D eigenvalue weighted by molar-refractivity contribution is 5.54. The maximum atomic E-state index is 5.68. The number of nitrogens with zero attached hydrogens (tertiary/aromatic N) is 2. The largest absolute Gasteiger partial charge is 0.489 e. The Morgan fingerprint density at radius 2 is 2.22 bits per heavy atom. The number of rotatable bonds is 8. The average Bonchev–Trinajstić information content (AvgIpc) is 3.20. The van der Waals surface area contributed by atoms with Gasteiger partial charge in [-0.25, -0.2) is 4.98 Å². The van der Waals surface area contributed by atoms with Crippen LogP contribution in [0.15, 0.2) is 6.33 Å². The topological polar surface area (TPSA) is 56.3 Å². The molecule has 5 nitrogen and oxygen atoms in total. The van der Waals surface area contributed by atoms with E-state index in [2.05, 4.69) is 22.2 Å². The number of anilines is 1. The standard InChI is InChI=1S/C13H21N3O2/c1-3-7-14-12-11(17-2)13(16-9-15-12)18-8-6-10-4-5-10/h9-10H,3-8H2,1-2H3,(H,14,15,16). The van der Waals surface area contributed by atoms with Crippen molar-refractivity contribution >= 4 is 5.82 Å². The van der Waals surface area contributed by atoms with Gasteiger partial charge in [-0.05, 0) is 18.8 Å². The highest BCUT2D eigenvalue weighted by Crippen LogP contribution is 2.34. The summed E-state index contributed by atoms with van der Waals surface area (Å²) in [5.74, 6) is 2.69. The van der Waals surface area contributed by atoms with Gasteiger partial charge in [0, 0.05) is 6.54 Å². The second-order valence-electron chi connectivity index (χ2n) is 4.57. The Morgan fingerprint density at radius 1 is 1.39 bits per heavy atom. The van der Waals surface area contributed by atoms with Crippen LogP contribution in [0.5, 0.6) is 11.6 Å². The molecule has 1 fully saturated rings. The van der Waals surface area contributed by atoms with Crippen molar-refractivity contribution in [2.24, 2.45) is 5.92 Å². The van der Waals surface area contributed by atoms with E-state index >= 15 is 0 Å². The predicted molar refractivity (Wildman–Crippen MR) is 70.2 cm³/mol. The molecule has 18 heavy (non-hydrogen) atoms. The van der Waals surface area contributed by atoms with Gasteiger partial charge < -0.3 is 14.8 Å². The number of hydrogen-bond donors (Lipinski definition) is 1. The minimum atomic E-state index is 0.534. The van der Waals surface area contributed by atoms with Gasteiger partial charge in [-0.1, -0.05) is 19.8 Å². The fourth-order valence-corrected chi connectivity index (χ4v) is 1.74. The van der Waals surface area contributed by atoms with Crippen molar-refractivity contribution in [3.05, 3.63) is 6.33 Å². The SMILES string of the molecule is CCCNc1ncnc(OCCC2CC2)c1OC. The quantitative estimate of drug-likeness (QED) is 0.769. The lowest BCUT2D eigenvalue weighted by molar-refractivity contribution is 0.271. The maximum absolute atomic E-state index is 5.68. The number of nitrogens with one attached hydrogen (secondary N) is 1. The summed E-state index contributed by atoms with van der Waals surface area (Å²) < 4.78 is 11.0. The molecule has 1 aliphatic rings. The molecule has 0 atom stereocenters. The summed E-state index contributed by atoms with van der Waals surface area (Å²) in [7, 11) is 1.61. The molecule has 1 aromatic rings. The van der Waals surface area contributed by atoms with Crippen LogP contribution in [0.1, 0.15) is 32.6 Å². The molecule has 1 saturated carbocycles. The summed E-state index contributed by atoms with van der Waals surface area (Å²) in [4.78, 5) is 8.31. The van der Waals surface area contributed by atoms with Crippen molar-refractivity contribution in [3.63, 3.8) is 0 Å². The zero-order chi connectivity index (χ0) is 12.8. The fraction of sp³-hybridized carbons (Fsp3) is 0.692. The van der Waals surface area contributed by atoms with E-state index in [0.29, 0.717) is 24.1 Å². The number of methoxy groups -OCH3 is 1. The first kappa shape index (κ1) is 12.9. The lowest BCUT2D eigenvalue weighted by Crippen LogP contribution is -2.08. The summed E-state index contributed by atoms with van der Waals surface area (Å²) in [5.41, 5.74) is 0. The van der Waals surface area contributed by atoms with Gasteiger partial charge in [0.15, 0.2) is 5.82 Å². The first-order valence-electron chi connectivity index (χ1n) is 6.60. The lowest BCUT2D eigenvalue weighted by atomic mass is 10.3. The van der Waals surface area contributed by atoms with Crippen molar-refractivity contribution in [2.45, 2.75) is 32.6 Å². The van der Waals surface area contributed by atoms with E-state index in [9.17, 15) is 0 Å². The zero-order valence-corrected chi connectivity index (χ0v) is 11.1. The number of ether oxygens (including phenoxy) is 2. The normalized spacial score (nSPS) is 14.3. The van der Waals surface area contributed by atoms with Gasteiger partial charge in [0.25, 0.3) is 5.88 Å². The smallest absolute Gasteiger partial charge is 0.262 e. The van der Waals surface area contributed by atoms with Crippen molar-refractivity contribution in [2.75, 3.05) is 25.6 Å². The van der Waals surface area contributed by atoms with Crippen molar-refractivity contribution in [1.82, 2.24) is 9.97 Å².